The average Bonchev–Trinajstić information content (AvgIpc) is 2.98. The molecule has 1 nitrogen and oxygen atoms in total. The fraction of sp³-hybridized carbons (Fsp3) is 0.0303. The third-order valence-corrected chi connectivity index (χ3v) is 9.02. The Balaban J connectivity index is 0.000000937. The van der Waals surface area contributed by atoms with E-state index in [4.69, 9.17) is 23.8 Å². The van der Waals surface area contributed by atoms with Crippen LogP contribution in [0.25, 0.3) is 32.7 Å². The molecule has 0 atom stereocenters. The maximum absolute atomic E-state index is 6.01. The number of rotatable bonds is 5. The van der Waals surface area contributed by atoms with Crippen LogP contribution in [0.1, 0.15) is 0 Å². The molecule has 0 fully saturated rings. The topological polar surface area (TPSA) is 9.23 Å². The van der Waals surface area contributed by atoms with E-state index in [2.05, 4.69) is 133 Å². The Bertz CT molecular complexity index is 1620. The van der Waals surface area contributed by atoms with Crippen LogP contribution in [0.4, 0.5) is 0 Å². The van der Waals surface area contributed by atoms with Gasteiger partial charge in [0.15, 0.2) is 0 Å². The Kier molecular flexibility index (Phi) is 9.14. The van der Waals surface area contributed by atoms with E-state index in [1.54, 1.807) is 7.11 Å². The van der Waals surface area contributed by atoms with Crippen LogP contribution in [0, 0.1) is 0 Å². The molecular weight excluding hydrogens is 621 g/mol. The summed E-state index contributed by atoms with van der Waals surface area (Å²) >= 11 is -0.106. The van der Waals surface area contributed by atoms with Crippen molar-refractivity contribution >= 4 is 64.4 Å². The first-order chi connectivity index (χ1) is 18.8. The van der Waals surface area contributed by atoms with Gasteiger partial charge in [0.1, 0.15) is 5.75 Å². The van der Waals surface area contributed by atoms with Crippen molar-refractivity contribution in [2.24, 2.45) is 0 Å². The van der Waals surface area contributed by atoms with E-state index in [1.807, 2.05) is 0 Å². The molecule has 0 saturated heterocycles. The number of hydrogen-bond donors (Lipinski definition) is 0. The zero-order valence-electron chi connectivity index (χ0n) is 20.6. The van der Waals surface area contributed by atoms with Crippen molar-refractivity contribution in [1.82, 2.24) is 0 Å². The van der Waals surface area contributed by atoms with Gasteiger partial charge in [-0.15, -0.1) is 0 Å². The summed E-state index contributed by atoms with van der Waals surface area (Å²) in [5, 5.41) is 8.92. The van der Waals surface area contributed by atoms with Crippen LogP contribution in [-0.2, 0) is 15.9 Å². The Morgan fingerprint density at radius 1 is 0.526 bits per heavy atom. The molecule has 6 aromatic rings. The summed E-state index contributed by atoms with van der Waals surface area (Å²) in [7, 11) is 10.6. The molecule has 0 N–H and O–H groups in total. The summed E-state index contributed by atoms with van der Waals surface area (Å²) in [5.41, 5.74) is 2.42. The fourth-order valence-corrected chi connectivity index (χ4v) is 7.44. The van der Waals surface area contributed by atoms with Gasteiger partial charge in [0, 0.05) is 11.1 Å². The van der Waals surface area contributed by atoms with Crippen molar-refractivity contribution in [1.29, 1.82) is 0 Å². The summed E-state index contributed by atoms with van der Waals surface area (Å²) < 4.78 is 6.01. The molecule has 0 aliphatic carbocycles. The molecule has 0 heterocycles. The molecule has 0 aromatic heterocycles. The van der Waals surface area contributed by atoms with Crippen LogP contribution < -0.4 is 20.7 Å². The van der Waals surface area contributed by atoms with Gasteiger partial charge in [0.05, 0.1) is 7.11 Å². The zero-order chi connectivity index (χ0) is 26.3. The second-order valence-corrected chi connectivity index (χ2v) is 13.1. The van der Waals surface area contributed by atoms with Gasteiger partial charge in [-0.2, -0.15) is 0 Å². The van der Waals surface area contributed by atoms with Crippen LogP contribution in [0.3, 0.4) is 0 Å². The second kappa shape index (κ2) is 12.9. The van der Waals surface area contributed by atoms with Crippen molar-refractivity contribution in [3.8, 4) is 16.9 Å². The van der Waals surface area contributed by atoms with Crippen molar-refractivity contribution < 1.29 is 20.7 Å². The van der Waals surface area contributed by atoms with Crippen LogP contribution in [0.5, 0.6) is 5.75 Å². The monoisotopic (exact) mass is 644 g/mol. The molecule has 0 spiro atoms. The van der Waals surface area contributed by atoms with Crippen LogP contribution in [0.2, 0.25) is 0 Å². The molecule has 192 valence electrons. The molecule has 0 aliphatic rings. The van der Waals surface area contributed by atoms with Crippen molar-refractivity contribution in [2.45, 2.75) is 0 Å². The Morgan fingerprint density at radius 3 is 1.50 bits per heavy atom. The normalized spacial score (nSPS) is 10.9. The van der Waals surface area contributed by atoms with Gasteiger partial charge in [-0.3, -0.25) is 0 Å². The molecule has 0 aliphatic heterocycles. The molecule has 0 saturated carbocycles. The SMILES string of the molecule is COc1ccc2ccccc2c1-c1c(P(c2ccccc2)c2ccccc2)ccc2ccccc12.[Cl][Pd][Cl]. The minimum atomic E-state index is -0.792. The van der Waals surface area contributed by atoms with Gasteiger partial charge in [0.25, 0.3) is 0 Å². The summed E-state index contributed by atoms with van der Waals surface area (Å²) in [6, 6.07) is 48.0. The molecule has 0 unspecified atom stereocenters. The van der Waals surface area contributed by atoms with E-state index in [0.29, 0.717) is 0 Å². The Hall–Kier alpha value is -2.69. The molecule has 0 radical (unpaired) electrons. The first-order valence-electron chi connectivity index (χ1n) is 12.1. The zero-order valence-corrected chi connectivity index (χ0v) is 24.6. The molecular formula is C33H25Cl2OPPd. The van der Waals surface area contributed by atoms with Gasteiger partial charge in [0.2, 0.25) is 0 Å². The first kappa shape index (κ1) is 26.9. The minimum absolute atomic E-state index is 0.106. The predicted molar refractivity (Wildman–Crippen MR) is 164 cm³/mol. The number of methoxy groups -OCH3 is 1. The molecule has 6 rings (SSSR count). The van der Waals surface area contributed by atoms with Crippen LogP contribution >= 0.6 is 27.0 Å². The van der Waals surface area contributed by atoms with Crippen molar-refractivity contribution in [3.05, 3.63) is 133 Å². The molecule has 0 bridgehead atoms. The van der Waals surface area contributed by atoms with E-state index in [9.17, 15) is 0 Å². The van der Waals surface area contributed by atoms with Gasteiger partial charge in [-0.1, -0.05) is 127 Å². The number of ether oxygens (including phenoxy) is 1. The van der Waals surface area contributed by atoms with E-state index in [0.717, 1.165) is 11.3 Å². The van der Waals surface area contributed by atoms with E-state index in [-0.39, 0.29) is 15.9 Å². The van der Waals surface area contributed by atoms with E-state index in [1.165, 1.54) is 43.0 Å². The molecule has 0 amide bonds. The van der Waals surface area contributed by atoms with Gasteiger partial charge in [-0.05, 0) is 51.4 Å². The first-order valence-corrected chi connectivity index (χ1v) is 17.4. The van der Waals surface area contributed by atoms with Crippen molar-refractivity contribution in [2.75, 3.05) is 7.11 Å². The summed E-state index contributed by atoms with van der Waals surface area (Å²) in [6.07, 6.45) is 0. The van der Waals surface area contributed by atoms with Gasteiger partial charge in [-0.25, -0.2) is 0 Å². The van der Waals surface area contributed by atoms with E-state index < -0.39 is 7.92 Å². The third kappa shape index (κ3) is 5.53. The molecule has 38 heavy (non-hydrogen) atoms. The second-order valence-electron chi connectivity index (χ2n) is 8.60. The van der Waals surface area contributed by atoms with Crippen LogP contribution in [-0.4, -0.2) is 7.11 Å². The van der Waals surface area contributed by atoms with E-state index >= 15 is 0 Å². The number of fused-ring (bicyclic) bond motifs is 2. The maximum atomic E-state index is 6.01. The van der Waals surface area contributed by atoms with Crippen molar-refractivity contribution in [3.63, 3.8) is 0 Å². The predicted octanol–water partition coefficient (Wildman–Crippen LogP) is 8.80. The number of hydrogen-bond acceptors (Lipinski definition) is 1. The molecule has 6 aromatic carbocycles. The van der Waals surface area contributed by atoms with Gasteiger partial charge < -0.3 is 4.74 Å². The fourth-order valence-electron chi connectivity index (χ4n) is 4.97. The standard InChI is InChI=1S/C33H25OP.2ClH.Pd/c1-34-30-22-20-24-12-8-10-18-28(24)32(30)33-29-19-11-9-13-25(29)21-23-31(33)35(26-14-4-2-5-15-26)27-16-6-3-7-17-27;;;/h2-23H,1H3;2*1H;/q;;;+2/p-2. The summed E-state index contributed by atoms with van der Waals surface area (Å²) in [6.45, 7) is 0. The van der Waals surface area contributed by atoms with Gasteiger partial charge >= 0.3 is 35.0 Å². The third-order valence-electron chi connectivity index (χ3n) is 6.54. The molecule has 5 heteroatoms. The number of halogens is 2. The summed E-state index contributed by atoms with van der Waals surface area (Å²) in [4.78, 5) is 0. The average molecular weight is 646 g/mol. The number of benzene rings is 6. The Morgan fingerprint density at radius 2 is 0.974 bits per heavy atom. The quantitative estimate of drug-likeness (QED) is 0.135. The van der Waals surface area contributed by atoms with Crippen LogP contribution in [0.15, 0.2) is 133 Å². The summed E-state index contributed by atoms with van der Waals surface area (Å²) in [5.74, 6) is 0.900. The Labute approximate surface area is 241 Å².